The number of nitrogens with zero attached hydrogens (tertiary/aromatic N) is 1. The van der Waals surface area contributed by atoms with Crippen molar-refractivity contribution in [2.75, 3.05) is 11.9 Å². The first-order valence-electron chi connectivity index (χ1n) is 7.42. The van der Waals surface area contributed by atoms with Crippen molar-refractivity contribution in [1.29, 1.82) is 0 Å². The van der Waals surface area contributed by atoms with E-state index in [0.717, 1.165) is 0 Å². The molecule has 1 spiro atoms. The fourth-order valence-electron chi connectivity index (χ4n) is 2.82. The Morgan fingerprint density at radius 1 is 1.21 bits per heavy atom. The van der Waals surface area contributed by atoms with Gasteiger partial charge in [0.1, 0.15) is 12.1 Å². The van der Waals surface area contributed by atoms with Crippen molar-refractivity contribution in [1.82, 2.24) is 10.2 Å². The molecule has 1 fully saturated rings. The van der Waals surface area contributed by atoms with Crippen LogP contribution in [0.5, 0.6) is 0 Å². The number of esters is 1. The number of carbonyl (C=O) groups excluding carboxylic acids is 4. The highest BCUT2D eigenvalue weighted by molar-refractivity contribution is 6.27. The summed E-state index contributed by atoms with van der Waals surface area (Å²) in [4.78, 5) is 50.0. The second kappa shape index (κ2) is 5.05. The molecule has 8 nitrogen and oxygen atoms in total. The number of para-hydroxylation sites is 1. The second-order valence-corrected chi connectivity index (χ2v) is 6.66. The zero-order chi connectivity index (χ0) is 17.7. The Balaban J connectivity index is 1.90. The van der Waals surface area contributed by atoms with Crippen molar-refractivity contribution in [3.05, 3.63) is 29.8 Å². The van der Waals surface area contributed by atoms with Crippen molar-refractivity contribution in [3.63, 3.8) is 0 Å². The van der Waals surface area contributed by atoms with Gasteiger partial charge in [0, 0.05) is 11.3 Å². The van der Waals surface area contributed by atoms with E-state index < -0.39 is 41.5 Å². The molecule has 1 aromatic carbocycles. The molecule has 2 aliphatic rings. The molecule has 8 heteroatoms. The van der Waals surface area contributed by atoms with E-state index in [1.807, 2.05) is 0 Å². The lowest BCUT2D eigenvalue weighted by Crippen LogP contribution is -2.50. The average molecular weight is 331 g/mol. The van der Waals surface area contributed by atoms with Crippen LogP contribution in [0.25, 0.3) is 0 Å². The molecule has 1 unspecified atom stereocenters. The molecule has 1 atom stereocenters. The van der Waals surface area contributed by atoms with Gasteiger partial charge < -0.3 is 15.4 Å². The number of amides is 4. The number of fused-ring (bicyclic) bond motifs is 2. The molecule has 1 aromatic rings. The zero-order valence-electron chi connectivity index (χ0n) is 13.5. The lowest BCUT2D eigenvalue weighted by Gasteiger charge is -2.22. The van der Waals surface area contributed by atoms with Gasteiger partial charge in [-0.25, -0.2) is 4.79 Å². The van der Waals surface area contributed by atoms with Crippen LogP contribution in [0.4, 0.5) is 10.5 Å². The van der Waals surface area contributed by atoms with Gasteiger partial charge in [0.15, 0.2) is 0 Å². The second-order valence-electron chi connectivity index (χ2n) is 6.66. The number of hydrogen-bond donors (Lipinski definition) is 2. The van der Waals surface area contributed by atoms with Gasteiger partial charge >= 0.3 is 12.0 Å². The van der Waals surface area contributed by atoms with Gasteiger partial charge in [-0.1, -0.05) is 18.2 Å². The van der Waals surface area contributed by atoms with E-state index in [9.17, 15) is 19.2 Å². The highest BCUT2D eigenvalue weighted by Gasteiger charge is 2.61. The van der Waals surface area contributed by atoms with E-state index in [1.165, 1.54) is 0 Å². The zero-order valence-corrected chi connectivity index (χ0v) is 13.5. The standard InChI is InChI=1S/C16H17N3O5/c1-15(2,3)24-11(20)8-19-13(22)16(18-14(19)23)9-6-4-5-7-10(9)17-12(16)21/h4-7H,8H2,1-3H3,(H,17,21)(H,18,23). The summed E-state index contributed by atoms with van der Waals surface area (Å²) in [5, 5.41) is 5.00. The Hall–Kier alpha value is -2.90. The molecule has 4 amide bonds. The third-order valence-corrected chi connectivity index (χ3v) is 3.73. The number of rotatable bonds is 2. The summed E-state index contributed by atoms with van der Waals surface area (Å²) in [5.74, 6) is -2.16. The molecular formula is C16H17N3O5. The minimum Gasteiger partial charge on any atom is -0.459 e. The Labute approximate surface area is 138 Å². The molecule has 2 N–H and O–H groups in total. The molecule has 3 rings (SSSR count). The Morgan fingerprint density at radius 2 is 1.88 bits per heavy atom. The summed E-state index contributed by atoms with van der Waals surface area (Å²) in [6.45, 7) is 4.48. The van der Waals surface area contributed by atoms with Gasteiger partial charge in [0.25, 0.3) is 11.8 Å². The quantitative estimate of drug-likeness (QED) is 0.472. The van der Waals surface area contributed by atoms with Gasteiger partial charge in [0.05, 0.1) is 0 Å². The molecule has 0 bridgehead atoms. The van der Waals surface area contributed by atoms with Gasteiger partial charge in [-0.15, -0.1) is 0 Å². The maximum atomic E-state index is 12.8. The van der Waals surface area contributed by atoms with Crippen LogP contribution >= 0.6 is 0 Å². The van der Waals surface area contributed by atoms with Crippen LogP contribution < -0.4 is 10.6 Å². The van der Waals surface area contributed by atoms with Crippen molar-refractivity contribution < 1.29 is 23.9 Å². The first-order valence-corrected chi connectivity index (χ1v) is 7.42. The fourth-order valence-corrected chi connectivity index (χ4v) is 2.82. The molecular weight excluding hydrogens is 314 g/mol. The highest BCUT2D eigenvalue weighted by Crippen LogP contribution is 2.39. The number of benzene rings is 1. The van der Waals surface area contributed by atoms with E-state index >= 15 is 0 Å². The van der Waals surface area contributed by atoms with E-state index in [0.29, 0.717) is 16.2 Å². The van der Waals surface area contributed by atoms with Gasteiger partial charge in [0.2, 0.25) is 5.54 Å². The third-order valence-electron chi connectivity index (χ3n) is 3.73. The number of ether oxygens (including phenoxy) is 1. The van der Waals surface area contributed by atoms with Crippen LogP contribution in [-0.2, 0) is 24.7 Å². The number of carbonyl (C=O) groups is 4. The number of imide groups is 1. The largest absolute Gasteiger partial charge is 0.459 e. The molecule has 0 aromatic heterocycles. The van der Waals surface area contributed by atoms with Crippen molar-refractivity contribution in [3.8, 4) is 0 Å². The number of nitrogens with one attached hydrogen (secondary N) is 2. The van der Waals surface area contributed by atoms with Gasteiger partial charge in [-0.2, -0.15) is 0 Å². The smallest absolute Gasteiger partial charge is 0.326 e. The predicted octanol–water partition coefficient (Wildman–Crippen LogP) is 0.727. The minimum absolute atomic E-state index is 0.361. The van der Waals surface area contributed by atoms with E-state index in [2.05, 4.69) is 10.6 Å². The lowest BCUT2D eigenvalue weighted by atomic mass is 9.91. The van der Waals surface area contributed by atoms with Gasteiger partial charge in [-0.05, 0) is 26.8 Å². The summed E-state index contributed by atoms with van der Waals surface area (Å²) >= 11 is 0. The molecule has 126 valence electrons. The van der Waals surface area contributed by atoms with E-state index in [4.69, 9.17) is 4.74 Å². The van der Waals surface area contributed by atoms with Crippen molar-refractivity contribution in [2.45, 2.75) is 31.9 Å². The van der Waals surface area contributed by atoms with Crippen LogP contribution in [0.15, 0.2) is 24.3 Å². The highest BCUT2D eigenvalue weighted by atomic mass is 16.6. The van der Waals surface area contributed by atoms with Crippen LogP contribution in [0.3, 0.4) is 0 Å². The molecule has 1 saturated heterocycles. The van der Waals surface area contributed by atoms with Crippen LogP contribution in [0.2, 0.25) is 0 Å². The summed E-state index contributed by atoms with van der Waals surface area (Å²) in [7, 11) is 0. The van der Waals surface area contributed by atoms with Crippen LogP contribution in [0, 0.1) is 0 Å². The molecule has 24 heavy (non-hydrogen) atoms. The Kier molecular flexibility index (Phi) is 3.36. The number of hydrogen-bond acceptors (Lipinski definition) is 5. The van der Waals surface area contributed by atoms with Crippen LogP contribution in [0.1, 0.15) is 26.3 Å². The molecule has 2 heterocycles. The Bertz CT molecular complexity index is 767. The first-order chi connectivity index (χ1) is 11.1. The average Bonchev–Trinajstić information content (AvgIpc) is 2.88. The predicted molar refractivity (Wildman–Crippen MR) is 82.8 cm³/mol. The summed E-state index contributed by atoms with van der Waals surface area (Å²) in [5.41, 5.74) is -1.75. The van der Waals surface area contributed by atoms with Crippen LogP contribution in [-0.4, -0.2) is 40.9 Å². The van der Waals surface area contributed by atoms with Gasteiger partial charge in [-0.3, -0.25) is 19.3 Å². The third kappa shape index (κ3) is 2.31. The van der Waals surface area contributed by atoms with Crippen molar-refractivity contribution in [2.24, 2.45) is 0 Å². The van der Waals surface area contributed by atoms with Crippen molar-refractivity contribution >= 4 is 29.5 Å². The summed E-state index contributed by atoms with van der Waals surface area (Å²) in [6.07, 6.45) is 0. The minimum atomic E-state index is -1.82. The Morgan fingerprint density at radius 3 is 2.54 bits per heavy atom. The molecule has 0 aliphatic carbocycles. The van der Waals surface area contributed by atoms with E-state index in [-0.39, 0.29) is 0 Å². The molecule has 2 aliphatic heterocycles. The first kappa shape index (κ1) is 16.0. The molecule has 0 radical (unpaired) electrons. The maximum Gasteiger partial charge on any atom is 0.326 e. The topological polar surface area (TPSA) is 105 Å². The van der Waals surface area contributed by atoms with E-state index in [1.54, 1.807) is 45.0 Å². The summed E-state index contributed by atoms with van der Waals surface area (Å²) in [6, 6.07) is 5.78. The maximum absolute atomic E-state index is 12.8. The summed E-state index contributed by atoms with van der Waals surface area (Å²) < 4.78 is 5.13. The fraction of sp³-hybridized carbons (Fsp3) is 0.375. The number of urea groups is 1. The SMILES string of the molecule is CC(C)(C)OC(=O)CN1C(=O)NC2(C(=O)Nc3ccccc32)C1=O. The lowest BCUT2D eigenvalue weighted by molar-refractivity contribution is -0.158. The molecule has 0 saturated carbocycles. The normalized spacial score (nSPS) is 22.5. The number of anilines is 1. The monoisotopic (exact) mass is 331 g/mol.